The second kappa shape index (κ2) is 3.40. The van der Waals surface area contributed by atoms with Gasteiger partial charge in [-0.2, -0.15) is 0 Å². The lowest BCUT2D eigenvalue weighted by Crippen LogP contribution is -1.90. The summed E-state index contributed by atoms with van der Waals surface area (Å²) in [7, 11) is 0. The zero-order chi connectivity index (χ0) is 10.1. The van der Waals surface area contributed by atoms with Crippen molar-refractivity contribution < 1.29 is 13.9 Å². The monoisotopic (exact) mass is 207 g/mol. The van der Waals surface area contributed by atoms with E-state index in [-0.39, 0.29) is 10.6 Å². The summed E-state index contributed by atoms with van der Waals surface area (Å²) in [5.74, 6) is -0.0118. The van der Waals surface area contributed by atoms with Crippen molar-refractivity contribution in [3.8, 4) is 5.75 Å². The molecule has 0 heterocycles. The highest BCUT2D eigenvalue weighted by Crippen LogP contribution is 2.29. The van der Waals surface area contributed by atoms with Gasteiger partial charge in [-0.15, -0.1) is 0 Å². The van der Waals surface area contributed by atoms with Crippen molar-refractivity contribution in [3.63, 3.8) is 0 Å². The first kappa shape index (κ1) is 9.18. The van der Waals surface area contributed by atoms with Crippen molar-refractivity contribution in [2.75, 3.05) is 0 Å². The maximum Gasteiger partial charge on any atom is 0.124 e. The first-order valence-corrected chi connectivity index (χ1v) is 5.07. The van der Waals surface area contributed by atoms with Crippen molar-refractivity contribution in [2.45, 2.75) is 4.90 Å². The Morgan fingerprint density at radius 1 is 1.14 bits per heavy atom. The van der Waals surface area contributed by atoms with Crippen LogP contribution in [0, 0.1) is 0 Å². The van der Waals surface area contributed by atoms with Crippen molar-refractivity contribution >= 4 is 21.9 Å². The molecule has 3 nitrogen and oxygen atoms in total. The van der Waals surface area contributed by atoms with Crippen LogP contribution < -0.4 is 0 Å². The Labute approximate surface area is 83.3 Å². The van der Waals surface area contributed by atoms with Crippen LogP contribution >= 0.6 is 0 Å². The van der Waals surface area contributed by atoms with Gasteiger partial charge in [0.05, 0.1) is 0 Å². The van der Waals surface area contributed by atoms with Gasteiger partial charge in [0.25, 0.3) is 0 Å². The smallest absolute Gasteiger partial charge is 0.124 e. The fourth-order valence-electron chi connectivity index (χ4n) is 1.43. The molecular formula is C10H7O3S-. The van der Waals surface area contributed by atoms with Crippen LogP contribution in [0.15, 0.2) is 41.3 Å². The van der Waals surface area contributed by atoms with Gasteiger partial charge in [-0.3, -0.25) is 4.21 Å². The summed E-state index contributed by atoms with van der Waals surface area (Å²) in [6.07, 6.45) is 0. The SMILES string of the molecule is O=S([O-])c1cccc2cccc(O)c12. The van der Waals surface area contributed by atoms with E-state index in [1.54, 1.807) is 24.3 Å². The van der Waals surface area contributed by atoms with Gasteiger partial charge in [-0.25, -0.2) is 0 Å². The summed E-state index contributed by atoms with van der Waals surface area (Å²) in [6.45, 7) is 0. The van der Waals surface area contributed by atoms with Gasteiger partial charge >= 0.3 is 0 Å². The highest BCUT2D eigenvalue weighted by atomic mass is 32.2. The van der Waals surface area contributed by atoms with Crippen LogP contribution in [-0.4, -0.2) is 13.9 Å². The molecule has 2 aromatic carbocycles. The van der Waals surface area contributed by atoms with E-state index in [0.29, 0.717) is 10.8 Å². The Balaban J connectivity index is 2.91. The molecule has 72 valence electrons. The van der Waals surface area contributed by atoms with Gasteiger partial charge in [0.1, 0.15) is 5.75 Å². The molecule has 0 saturated carbocycles. The zero-order valence-corrected chi connectivity index (χ0v) is 7.95. The molecule has 0 aliphatic carbocycles. The molecule has 0 aromatic heterocycles. The van der Waals surface area contributed by atoms with Gasteiger partial charge in [0.2, 0.25) is 0 Å². The van der Waals surface area contributed by atoms with Crippen LogP contribution in [0.5, 0.6) is 5.75 Å². The normalized spacial score (nSPS) is 12.9. The summed E-state index contributed by atoms with van der Waals surface area (Å²) in [5.41, 5.74) is 0. The highest BCUT2D eigenvalue weighted by Gasteiger charge is 2.04. The second-order valence-corrected chi connectivity index (χ2v) is 3.78. The largest absolute Gasteiger partial charge is 0.768 e. The lowest BCUT2D eigenvalue weighted by Gasteiger charge is -2.09. The molecule has 0 spiro atoms. The molecule has 14 heavy (non-hydrogen) atoms. The molecule has 2 aromatic rings. The number of fused-ring (bicyclic) bond motifs is 1. The Hall–Kier alpha value is -1.39. The first-order chi connectivity index (χ1) is 6.70. The minimum absolute atomic E-state index is 0.0118. The molecule has 1 atom stereocenters. The summed E-state index contributed by atoms with van der Waals surface area (Å²) in [4.78, 5) is 0.126. The van der Waals surface area contributed by atoms with Crippen LogP contribution in [0.2, 0.25) is 0 Å². The van der Waals surface area contributed by atoms with Crippen LogP contribution in [0.1, 0.15) is 0 Å². The molecule has 0 bridgehead atoms. The average Bonchev–Trinajstić information content (AvgIpc) is 2.17. The third-order valence-electron chi connectivity index (χ3n) is 2.02. The minimum atomic E-state index is -2.32. The van der Waals surface area contributed by atoms with Gasteiger partial charge in [-0.05, 0) is 28.6 Å². The third kappa shape index (κ3) is 1.38. The van der Waals surface area contributed by atoms with Gasteiger partial charge < -0.3 is 9.66 Å². The number of hydrogen-bond acceptors (Lipinski definition) is 3. The Bertz CT molecular complexity index is 502. The molecule has 0 radical (unpaired) electrons. The predicted octanol–water partition coefficient (Wildman–Crippen LogP) is 1.78. The van der Waals surface area contributed by atoms with E-state index in [4.69, 9.17) is 0 Å². The van der Waals surface area contributed by atoms with Crippen LogP contribution in [0.25, 0.3) is 10.8 Å². The van der Waals surface area contributed by atoms with Crippen molar-refractivity contribution in [2.24, 2.45) is 0 Å². The Morgan fingerprint density at radius 2 is 1.79 bits per heavy atom. The van der Waals surface area contributed by atoms with Gasteiger partial charge in [-0.1, -0.05) is 24.3 Å². The van der Waals surface area contributed by atoms with Crippen molar-refractivity contribution in [1.29, 1.82) is 0 Å². The van der Waals surface area contributed by atoms with Gasteiger partial charge in [0, 0.05) is 10.3 Å². The van der Waals surface area contributed by atoms with Gasteiger partial charge in [0.15, 0.2) is 0 Å². The van der Waals surface area contributed by atoms with E-state index in [1.807, 2.05) is 0 Å². The molecule has 0 saturated heterocycles. The number of benzene rings is 2. The number of hydrogen-bond donors (Lipinski definition) is 1. The van der Waals surface area contributed by atoms with Crippen molar-refractivity contribution in [1.82, 2.24) is 0 Å². The predicted molar refractivity (Wildman–Crippen MR) is 52.8 cm³/mol. The number of rotatable bonds is 1. The van der Waals surface area contributed by atoms with Crippen molar-refractivity contribution in [3.05, 3.63) is 36.4 Å². The maximum atomic E-state index is 10.9. The van der Waals surface area contributed by atoms with Crippen LogP contribution in [-0.2, 0) is 11.1 Å². The lowest BCUT2D eigenvalue weighted by atomic mass is 10.1. The molecule has 2 rings (SSSR count). The molecule has 0 amide bonds. The number of phenols is 1. The third-order valence-corrected chi connectivity index (χ3v) is 2.72. The molecule has 1 unspecified atom stereocenters. The number of aromatic hydroxyl groups is 1. The topological polar surface area (TPSA) is 60.4 Å². The molecular weight excluding hydrogens is 200 g/mol. The van der Waals surface area contributed by atoms with E-state index in [9.17, 15) is 13.9 Å². The van der Waals surface area contributed by atoms with E-state index in [1.165, 1.54) is 12.1 Å². The quantitative estimate of drug-likeness (QED) is 0.725. The standard InChI is InChI=1S/C10H8O3S/c11-8-5-1-3-7-4-2-6-9(10(7)8)14(12)13/h1-6,11H,(H,12,13)/p-1. The summed E-state index contributed by atoms with van der Waals surface area (Å²) >= 11 is -2.32. The average molecular weight is 207 g/mol. The van der Waals surface area contributed by atoms with E-state index >= 15 is 0 Å². The van der Waals surface area contributed by atoms with Crippen LogP contribution in [0.3, 0.4) is 0 Å². The van der Waals surface area contributed by atoms with Crippen LogP contribution in [0.4, 0.5) is 0 Å². The molecule has 0 fully saturated rings. The lowest BCUT2D eigenvalue weighted by molar-refractivity contribution is 0.480. The summed E-state index contributed by atoms with van der Waals surface area (Å²) in [6, 6.07) is 9.77. The fourth-order valence-corrected chi connectivity index (χ4v) is 2.01. The maximum absolute atomic E-state index is 10.9. The second-order valence-electron chi connectivity index (χ2n) is 2.87. The Morgan fingerprint density at radius 3 is 2.43 bits per heavy atom. The van der Waals surface area contributed by atoms with E-state index in [2.05, 4.69) is 0 Å². The Kier molecular flexibility index (Phi) is 2.23. The highest BCUT2D eigenvalue weighted by molar-refractivity contribution is 7.79. The summed E-state index contributed by atoms with van der Waals surface area (Å²) < 4.78 is 21.7. The molecule has 1 N–H and O–H groups in total. The fraction of sp³-hybridized carbons (Fsp3) is 0. The number of phenolic OH excluding ortho intramolecular Hbond substituents is 1. The first-order valence-electron chi connectivity index (χ1n) is 4.00. The minimum Gasteiger partial charge on any atom is -0.768 e. The summed E-state index contributed by atoms with van der Waals surface area (Å²) in [5, 5.41) is 10.6. The zero-order valence-electron chi connectivity index (χ0n) is 7.14. The molecule has 0 aliphatic rings. The van der Waals surface area contributed by atoms with E-state index in [0.717, 1.165) is 0 Å². The molecule has 0 aliphatic heterocycles. The molecule has 4 heteroatoms. The van der Waals surface area contributed by atoms with E-state index < -0.39 is 11.1 Å².